The lowest BCUT2D eigenvalue weighted by Gasteiger charge is -2.36. The highest BCUT2D eigenvalue weighted by Gasteiger charge is 2.33. The van der Waals surface area contributed by atoms with E-state index >= 15 is 0 Å². The van der Waals surface area contributed by atoms with Gasteiger partial charge in [-0.2, -0.15) is 0 Å². The van der Waals surface area contributed by atoms with E-state index in [1.54, 1.807) is 30.3 Å². The quantitative estimate of drug-likeness (QED) is 0.436. The zero-order valence-corrected chi connectivity index (χ0v) is 22.0. The number of ether oxygens (including phenoxy) is 2. The molecule has 7 nitrogen and oxygen atoms in total. The zero-order valence-electron chi connectivity index (χ0n) is 20.4. The fraction of sp³-hybridized carbons (Fsp3) is 0.462. The van der Waals surface area contributed by atoms with Crippen LogP contribution >= 0.6 is 11.6 Å². The Bertz CT molecular complexity index is 1150. The number of hydrogen-bond donors (Lipinski definition) is 0. The van der Waals surface area contributed by atoms with Crippen molar-refractivity contribution < 1.29 is 27.5 Å². The Morgan fingerprint density at radius 3 is 2.46 bits per heavy atom. The minimum absolute atomic E-state index is 0.0191. The van der Waals surface area contributed by atoms with Gasteiger partial charge in [0, 0.05) is 7.05 Å². The van der Waals surface area contributed by atoms with Gasteiger partial charge < -0.3 is 9.47 Å². The molecule has 0 radical (unpaired) electrons. The number of nitrogens with zero attached hydrogens (tertiary/aromatic N) is 1. The number of para-hydroxylation sites is 1. The molecule has 0 heterocycles. The molecule has 2 aromatic carbocycles. The number of rotatable bonds is 8. The van der Waals surface area contributed by atoms with Crippen molar-refractivity contribution in [2.75, 3.05) is 18.0 Å². The molecule has 3 rings (SSSR count). The summed E-state index contributed by atoms with van der Waals surface area (Å²) in [7, 11) is -2.54. The van der Waals surface area contributed by atoms with E-state index in [0.717, 1.165) is 29.6 Å². The summed E-state index contributed by atoms with van der Waals surface area (Å²) in [5.74, 6) is -0.428. The fourth-order valence-corrected chi connectivity index (χ4v) is 5.83. The molecule has 0 unspecified atom stereocenters. The van der Waals surface area contributed by atoms with Crippen LogP contribution in [-0.4, -0.2) is 40.1 Å². The number of esters is 2. The van der Waals surface area contributed by atoms with Crippen molar-refractivity contribution in [3.63, 3.8) is 0 Å². The van der Waals surface area contributed by atoms with Gasteiger partial charge in [0.05, 0.1) is 21.2 Å². The van der Waals surface area contributed by atoms with Crippen LogP contribution in [0.5, 0.6) is 0 Å². The molecule has 1 saturated carbocycles. The van der Waals surface area contributed by atoms with E-state index in [9.17, 15) is 18.0 Å². The largest absolute Gasteiger partial charge is 0.460 e. The molecule has 0 spiro atoms. The van der Waals surface area contributed by atoms with Gasteiger partial charge in [-0.15, -0.1) is 0 Å². The second-order valence-corrected chi connectivity index (χ2v) is 11.8. The van der Waals surface area contributed by atoms with Gasteiger partial charge in [0.15, 0.2) is 6.61 Å². The molecule has 1 fully saturated rings. The van der Waals surface area contributed by atoms with Crippen molar-refractivity contribution in [1.29, 1.82) is 0 Å². The Balaban J connectivity index is 1.68. The molecule has 1 aliphatic carbocycles. The molecule has 190 valence electrons. The van der Waals surface area contributed by atoms with E-state index in [4.69, 9.17) is 21.1 Å². The van der Waals surface area contributed by atoms with Crippen molar-refractivity contribution in [2.45, 2.75) is 51.0 Å². The Labute approximate surface area is 212 Å². The van der Waals surface area contributed by atoms with Gasteiger partial charge in [0.2, 0.25) is 0 Å². The Morgan fingerprint density at radius 2 is 1.80 bits per heavy atom. The summed E-state index contributed by atoms with van der Waals surface area (Å²) in [5.41, 5.74) is 0.319. The normalized spacial score (nSPS) is 20.3. The molecule has 0 bridgehead atoms. The Hall–Kier alpha value is -2.58. The highest BCUT2D eigenvalue weighted by atomic mass is 35.5. The van der Waals surface area contributed by atoms with Crippen molar-refractivity contribution in [3.8, 4) is 0 Å². The summed E-state index contributed by atoms with van der Waals surface area (Å²) >= 11 is 6.15. The first-order valence-electron chi connectivity index (χ1n) is 11.7. The SMILES string of the molecule is CC(C)[C@H]1CC[C@@H](C)C[C@H]1OC(=O)COC(=O)c1cc(S(=O)(=O)N(C)c2ccccc2)ccc1Cl. The van der Waals surface area contributed by atoms with Crippen molar-refractivity contribution in [1.82, 2.24) is 0 Å². The monoisotopic (exact) mass is 521 g/mol. The van der Waals surface area contributed by atoms with Gasteiger partial charge in [0.1, 0.15) is 6.10 Å². The molecule has 0 saturated heterocycles. The highest BCUT2D eigenvalue weighted by Crippen LogP contribution is 2.35. The average molecular weight is 522 g/mol. The van der Waals surface area contributed by atoms with Gasteiger partial charge in [-0.25, -0.2) is 18.0 Å². The second kappa shape index (κ2) is 11.4. The van der Waals surface area contributed by atoms with Gasteiger partial charge in [0.25, 0.3) is 10.0 Å². The van der Waals surface area contributed by atoms with E-state index < -0.39 is 28.6 Å². The number of carbonyl (C=O) groups is 2. The number of anilines is 1. The van der Waals surface area contributed by atoms with Crippen LogP contribution in [-0.2, 0) is 24.3 Å². The number of hydrogen-bond acceptors (Lipinski definition) is 6. The molecule has 0 N–H and O–H groups in total. The molecule has 9 heteroatoms. The maximum absolute atomic E-state index is 13.1. The third-order valence-electron chi connectivity index (χ3n) is 6.50. The smallest absolute Gasteiger partial charge is 0.344 e. The van der Waals surface area contributed by atoms with Crippen molar-refractivity contribution in [3.05, 3.63) is 59.1 Å². The van der Waals surface area contributed by atoms with Crippen molar-refractivity contribution in [2.24, 2.45) is 17.8 Å². The second-order valence-electron chi connectivity index (χ2n) is 9.38. The van der Waals surface area contributed by atoms with E-state index in [-0.39, 0.29) is 27.5 Å². The predicted molar refractivity (Wildman–Crippen MR) is 135 cm³/mol. The molecule has 0 aromatic heterocycles. The predicted octanol–water partition coefficient (Wildman–Crippen LogP) is 5.33. The lowest BCUT2D eigenvalue weighted by Crippen LogP contribution is -2.36. The zero-order chi connectivity index (χ0) is 25.8. The summed E-state index contributed by atoms with van der Waals surface area (Å²) in [4.78, 5) is 25.0. The van der Waals surface area contributed by atoms with Gasteiger partial charge >= 0.3 is 11.9 Å². The molecule has 1 aliphatic rings. The summed E-state index contributed by atoms with van der Waals surface area (Å²) in [6.07, 6.45) is 2.66. The standard InChI is InChI=1S/C26H32ClNO6S/c1-17(2)21-12-10-18(3)14-24(21)34-25(29)16-33-26(30)22-15-20(11-13-23(22)27)35(31,32)28(4)19-8-6-5-7-9-19/h5-9,11,13,15,17-18,21,24H,10,12,14,16H2,1-4H3/t18-,21-,24-/m1/s1. The third kappa shape index (κ3) is 6.55. The number of benzene rings is 2. The van der Waals surface area contributed by atoms with Gasteiger partial charge in [-0.05, 0) is 60.9 Å². The van der Waals surface area contributed by atoms with E-state index in [2.05, 4.69) is 20.8 Å². The first kappa shape index (κ1) is 27.0. The fourth-order valence-electron chi connectivity index (χ4n) is 4.41. The molecule has 2 aromatic rings. The van der Waals surface area contributed by atoms with Gasteiger partial charge in [-0.3, -0.25) is 4.31 Å². The summed E-state index contributed by atoms with van der Waals surface area (Å²) < 4.78 is 38.1. The molecule has 0 amide bonds. The molecule has 0 aliphatic heterocycles. The van der Waals surface area contributed by atoms with Crippen LogP contribution in [0.2, 0.25) is 5.02 Å². The molecular formula is C26H32ClNO6S. The lowest BCUT2D eigenvalue weighted by molar-refractivity contribution is -0.159. The maximum Gasteiger partial charge on any atom is 0.344 e. The first-order chi connectivity index (χ1) is 16.5. The number of halogens is 1. The highest BCUT2D eigenvalue weighted by molar-refractivity contribution is 7.92. The molecular weight excluding hydrogens is 490 g/mol. The topological polar surface area (TPSA) is 90.0 Å². The summed E-state index contributed by atoms with van der Waals surface area (Å²) in [5, 5.41) is 0.0191. The Morgan fingerprint density at radius 1 is 1.11 bits per heavy atom. The van der Waals surface area contributed by atoms with Crippen LogP contribution in [0.3, 0.4) is 0 Å². The van der Waals surface area contributed by atoms with E-state index in [1.165, 1.54) is 19.2 Å². The van der Waals surface area contributed by atoms with Crippen LogP contribution in [0.25, 0.3) is 0 Å². The number of sulfonamides is 1. The van der Waals surface area contributed by atoms with Gasteiger partial charge in [-0.1, -0.05) is 57.0 Å². The summed E-state index contributed by atoms with van der Waals surface area (Å²) in [6.45, 7) is 5.78. The van der Waals surface area contributed by atoms with Crippen LogP contribution in [0.1, 0.15) is 50.4 Å². The van der Waals surface area contributed by atoms with Crippen LogP contribution < -0.4 is 4.31 Å². The Kier molecular flexibility index (Phi) is 8.83. The first-order valence-corrected chi connectivity index (χ1v) is 13.5. The minimum atomic E-state index is -3.96. The minimum Gasteiger partial charge on any atom is -0.460 e. The van der Waals surface area contributed by atoms with E-state index in [0.29, 0.717) is 17.5 Å². The average Bonchev–Trinajstić information content (AvgIpc) is 2.82. The number of carbonyl (C=O) groups excluding carboxylic acids is 2. The van der Waals surface area contributed by atoms with E-state index in [1.807, 2.05) is 0 Å². The van der Waals surface area contributed by atoms with Crippen molar-refractivity contribution >= 4 is 39.3 Å². The maximum atomic E-state index is 13.1. The van der Waals surface area contributed by atoms with Crippen LogP contribution in [0, 0.1) is 17.8 Å². The molecule has 3 atom stereocenters. The third-order valence-corrected chi connectivity index (χ3v) is 8.61. The lowest BCUT2D eigenvalue weighted by atomic mass is 9.75. The molecule has 35 heavy (non-hydrogen) atoms. The van der Waals surface area contributed by atoms with Crippen LogP contribution in [0.4, 0.5) is 5.69 Å². The summed E-state index contributed by atoms with van der Waals surface area (Å²) in [6, 6.07) is 12.3. The van der Waals surface area contributed by atoms with Crippen LogP contribution in [0.15, 0.2) is 53.4 Å².